The molecule has 27 heavy (non-hydrogen) atoms. The Balaban J connectivity index is 1.44. The van der Waals surface area contributed by atoms with Crippen molar-refractivity contribution in [2.24, 2.45) is 0 Å². The summed E-state index contributed by atoms with van der Waals surface area (Å²) < 4.78 is 37.7. The van der Waals surface area contributed by atoms with Gasteiger partial charge < -0.3 is 19.7 Å². The first-order valence-electron chi connectivity index (χ1n) is 8.67. The monoisotopic (exact) mass is 376 g/mol. The molecule has 142 valence electrons. The van der Waals surface area contributed by atoms with Crippen LogP contribution in [0.1, 0.15) is 23.3 Å². The number of anilines is 2. The number of amides is 1. The van der Waals surface area contributed by atoms with Gasteiger partial charge in [0.1, 0.15) is 5.69 Å². The van der Waals surface area contributed by atoms with Gasteiger partial charge in [0.2, 0.25) is 5.95 Å². The molecule has 0 unspecified atom stereocenters. The van der Waals surface area contributed by atoms with Gasteiger partial charge >= 0.3 is 0 Å². The fraction of sp³-hybridized carbons (Fsp3) is 0.389. The number of carbonyl (C=O) groups is 1. The van der Waals surface area contributed by atoms with Crippen molar-refractivity contribution in [2.75, 3.05) is 31.6 Å². The van der Waals surface area contributed by atoms with Crippen molar-refractivity contribution in [1.29, 1.82) is 0 Å². The third-order valence-corrected chi connectivity index (χ3v) is 4.68. The van der Waals surface area contributed by atoms with Gasteiger partial charge in [0.15, 0.2) is 17.4 Å². The van der Waals surface area contributed by atoms with E-state index in [-0.39, 0.29) is 23.2 Å². The second kappa shape index (κ2) is 7.16. The van der Waals surface area contributed by atoms with Crippen LogP contribution in [-0.4, -0.2) is 52.9 Å². The predicted molar refractivity (Wildman–Crippen MR) is 91.4 cm³/mol. The molecule has 2 fully saturated rings. The maximum Gasteiger partial charge on any atom is 0.272 e. The first-order chi connectivity index (χ1) is 13.0. The third kappa shape index (κ3) is 3.74. The zero-order valence-electron chi connectivity index (χ0n) is 14.5. The summed E-state index contributed by atoms with van der Waals surface area (Å²) in [7, 11) is 0. The molecule has 1 spiro atoms. The normalized spacial score (nSPS) is 18.7. The zero-order valence-corrected chi connectivity index (χ0v) is 14.5. The smallest absolute Gasteiger partial charge is 0.272 e. The molecule has 9 heteroatoms. The lowest BCUT2D eigenvalue weighted by atomic mass is 10.0. The van der Waals surface area contributed by atoms with Crippen LogP contribution in [0, 0.1) is 11.6 Å². The number of likely N-dealkylation sites (tertiary alicyclic amines) is 1. The van der Waals surface area contributed by atoms with E-state index in [0.717, 1.165) is 12.1 Å². The maximum atomic E-state index is 13.3. The summed E-state index contributed by atoms with van der Waals surface area (Å²) in [6.45, 7) is 2.18. The first-order valence-corrected chi connectivity index (χ1v) is 8.67. The number of hydrogen-bond acceptors (Lipinski definition) is 6. The molecule has 4 rings (SSSR count). The molecule has 7 nitrogen and oxygen atoms in total. The highest BCUT2D eigenvalue weighted by molar-refractivity contribution is 5.92. The molecule has 0 atom stereocenters. The highest BCUT2D eigenvalue weighted by Crippen LogP contribution is 2.31. The highest BCUT2D eigenvalue weighted by Gasteiger charge is 2.41. The molecule has 1 aromatic heterocycles. The van der Waals surface area contributed by atoms with Gasteiger partial charge in [-0.1, -0.05) is 0 Å². The molecular formula is C18H18F2N4O3. The number of rotatable bonds is 3. The van der Waals surface area contributed by atoms with Crippen LogP contribution in [-0.2, 0) is 9.47 Å². The molecule has 0 bridgehead atoms. The van der Waals surface area contributed by atoms with Gasteiger partial charge in [-0.05, 0) is 18.2 Å². The highest BCUT2D eigenvalue weighted by atomic mass is 19.2. The first kappa shape index (κ1) is 17.7. The number of aromatic nitrogens is 2. The van der Waals surface area contributed by atoms with Crippen LogP contribution in [0.2, 0.25) is 0 Å². The second-order valence-corrected chi connectivity index (χ2v) is 6.42. The summed E-state index contributed by atoms with van der Waals surface area (Å²) in [5.41, 5.74) is 0.508. The van der Waals surface area contributed by atoms with Gasteiger partial charge in [-0.2, -0.15) is 0 Å². The van der Waals surface area contributed by atoms with Crippen LogP contribution < -0.4 is 5.32 Å². The minimum absolute atomic E-state index is 0.128. The van der Waals surface area contributed by atoms with Crippen LogP contribution in [0.3, 0.4) is 0 Å². The molecule has 0 radical (unpaired) electrons. The second-order valence-electron chi connectivity index (χ2n) is 6.42. The van der Waals surface area contributed by atoms with E-state index < -0.39 is 17.4 Å². The summed E-state index contributed by atoms with van der Waals surface area (Å²) in [4.78, 5) is 22.6. The van der Waals surface area contributed by atoms with E-state index in [9.17, 15) is 13.6 Å². The van der Waals surface area contributed by atoms with Crippen LogP contribution in [0.5, 0.6) is 0 Å². The van der Waals surface area contributed by atoms with Crippen molar-refractivity contribution in [3.63, 3.8) is 0 Å². The van der Waals surface area contributed by atoms with E-state index in [0.29, 0.717) is 39.1 Å². The quantitative estimate of drug-likeness (QED) is 0.887. The van der Waals surface area contributed by atoms with E-state index in [1.54, 1.807) is 4.90 Å². The number of hydrogen-bond donors (Lipinski definition) is 1. The molecule has 2 aliphatic heterocycles. The van der Waals surface area contributed by atoms with Crippen molar-refractivity contribution in [3.05, 3.63) is 47.8 Å². The van der Waals surface area contributed by atoms with Crippen molar-refractivity contribution >= 4 is 17.5 Å². The molecule has 1 aromatic carbocycles. The van der Waals surface area contributed by atoms with E-state index in [2.05, 4.69) is 15.3 Å². The zero-order chi connectivity index (χ0) is 18.9. The van der Waals surface area contributed by atoms with Gasteiger partial charge in [-0.3, -0.25) is 4.79 Å². The number of ether oxygens (including phenoxy) is 2. The Labute approximate surface area is 154 Å². The van der Waals surface area contributed by atoms with Gasteiger partial charge in [-0.15, -0.1) is 0 Å². The molecule has 2 aliphatic rings. The molecule has 2 aromatic rings. The van der Waals surface area contributed by atoms with E-state index >= 15 is 0 Å². The number of nitrogens with one attached hydrogen (secondary N) is 1. The molecule has 2 saturated heterocycles. The average Bonchev–Trinajstić information content (AvgIpc) is 3.13. The lowest BCUT2D eigenvalue weighted by Crippen LogP contribution is -2.47. The van der Waals surface area contributed by atoms with Crippen molar-refractivity contribution < 1.29 is 23.0 Å². The van der Waals surface area contributed by atoms with Crippen molar-refractivity contribution in [1.82, 2.24) is 14.9 Å². The summed E-state index contributed by atoms with van der Waals surface area (Å²) in [5.74, 6) is -2.57. The number of carbonyl (C=O) groups excluding carboxylic acids is 1. The predicted octanol–water partition coefficient (Wildman–Crippen LogP) is 2.48. The van der Waals surface area contributed by atoms with Crippen LogP contribution in [0.4, 0.5) is 20.4 Å². The standard InChI is InChI=1S/C18H18F2N4O3/c19-13-2-1-12(11-14(13)20)22-17-21-6-3-15(23-17)16(25)24-7-4-18(5-8-24)26-9-10-27-18/h1-3,6,11H,4-5,7-10H2,(H,21,22,23). The summed E-state index contributed by atoms with van der Waals surface area (Å²) >= 11 is 0. The maximum absolute atomic E-state index is 13.3. The Morgan fingerprint density at radius 2 is 1.85 bits per heavy atom. The van der Waals surface area contributed by atoms with Gasteiger partial charge in [0.05, 0.1) is 13.2 Å². The lowest BCUT2D eigenvalue weighted by Gasteiger charge is -2.37. The number of nitrogens with zero attached hydrogens (tertiary/aromatic N) is 3. The lowest BCUT2D eigenvalue weighted by molar-refractivity contribution is -0.181. The summed E-state index contributed by atoms with van der Waals surface area (Å²) in [6.07, 6.45) is 2.67. The van der Waals surface area contributed by atoms with E-state index in [1.807, 2.05) is 0 Å². The van der Waals surface area contributed by atoms with Crippen LogP contribution >= 0.6 is 0 Å². The molecular weight excluding hydrogens is 358 g/mol. The minimum atomic E-state index is -0.981. The fourth-order valence-electron chi connectivity index (χ4n) is 3.24. The van der Waals surface area contributed by atoms with Crippen LogP contribution in [0.25, 0.3) is 0 Å². The molecule has 3 heterocycles. The van der Waals surface area contributed by atoms with Gasteiger partial charge in [-0.25, -0.2) is 18.7 Å². The van der Waals surface area contributed by atoms with Crippen LogP contribution in [0.15, 0.2) is 30.5 Å². The Morgan fingerprint density at radius 3 is 2.56 bits per heavy atom. The van der Waals surface area contributed by atoms with Gasteiger partial charge in [0, 0.05) is 43.9 Å². The average molecular weight is 376 g/mol. The van der Waals surface area contributed by atoms with E-state index in [1.165, 1.54) is 18.3 Å². The van der Waals surface area contributed by atoms with Crippen molar-refractivity contribution in [3.8, 4) is 0 Å². The Kier molecular flexibility index (Phi) is 4.71. The summed E-state index contributed by atoms with van der Waals surface area (Å²) in [5, 5.41) is 2.77. The Morgan fingerprint density at radius 1 is 1.11 bits per heavy atom. The third-order valence-electron chi connectivity index (χ3n) is 4.68. The molecule has 1 amide bonds. The fourth-order valence-corrected chi connectivity index (χ4v) is 3.24. The number of piperidine rings is 1. The Bertz CT molecular complexity index is 848. The van der Waals surface area contributed by atoms with E-state index in [4.69, 9.17) is 9.47 Å². The topological polar surface area (TPSA) is 76.6 Å². The minimum Gasteiger partial charge on any atom is -0.347 e. The largest absolute Gasteiger partial charge is 0.347 e. The van der Waals surface area contributed by atoms with Gasteiger partial charge in [0.25, 0.3) is 5.91 Å². The van der Waals surface area contributed by atoms with Crippen molar-refractivity contribution in [2.45, 2.75) is 18.6 Å². The molecule has 0 aliphatic carbocycles. The Hall–Kier alpha value is -2.65. The molecule has 0 saturated carbocycles. The molecule has 1 N–H and O–H groups in total. The number of halogens is 2. The SMILES string of the molecule is O=C(c1ccnc(Nc2ccc(F)c(F)c2)n1)N1CCC2(CC1)OCCO2. The number of benzene rings is 1. The summed E-state index contributed by atoms with van der Waals surface area (Å²) in [6, 6.07) is 4.88.